The molecule has 0 radical (unpaired) electrons. The maximum absolute atomic E-state index is 12.4. The largest absolute Gasteiger partial charge is 0.380 e. The number of nitrogens with two attached hydrogens (primary N) is 1. The van der Waals surface area contributed by atoms with E-state index in [0.717, 1.165) is 36.0 Å². The van der Waals surface area contributed by atoms with E-state index in [4.69, 9.17) is 10.5 Å². The van der Waals surface area contributed by atoms with Crippen molar-refractivity contribution in [3.63, 3.8) is 0 Å². The smallest absolute Gasteiger partial charge is 0.239 e. The third-order valence-corrected chi connectivity index (χ3v) is 3.97. The second-order valence-electron chi connectivity index (χ2n) is 5.46. The normalized spacial score (nSPS) is 16.9. The van der Waals surface area contributed by atoms with Gasteiger partial charge >= 0.3 is 0 Å². The molecule has 0 spiro atoms. The lowest BCUT2D eigenvalue weighted by Gasteiger charge is -2.23. The highest BCUT2D eigenvalue weighted by molar-refractivity contribution is 5.86. The fourth-order valence-corrected chi connectivity index (χ4v) is 2.83. The topological polar surface area (TPSA) is 71.4 Å². The molecule has 1 fully saturated rings. The van der Waals surface area contributed by atoms with E-state index >= 15 is 0 Å². The van der Waals surface area contributed by atoms with Crippen LogP contribution in [0, 0.1) is 0 Å². The number of carbonyl (C=O) groups excluding carboxylic acids is 1. The summed E-state index contributed by atoms with van der Waals surface area (Å²) in [6.45, 7) is 2.70. The summed E-state index contributed by atoms with van der Waals surface area (Å²) in [5.74, 6) is 0.0192. The van der Waals surface area contributed by atoms with Crippen molar-refractivity contribution in [1.29, 1.82) is 0 Å². The van der Waals surface area contributed by atoms with Crippen LogP contribution < -0.4 is 5.73 Å². The van der Waals surface area contributed by atoms with Gasteiger partial charge in [-0.25, -0.2) is 0 Å². The van der Waals surface area contributed by atoms with Gasteiger partial charge in [-0.05, 0) is 24.5 Å². The molecule has 22 heavy (non-hydrogen) atoms. The number of ether oxygens (including phenoxy) is 1. The van der Waals surface area contributed by atoms with Gasteiger partial charge < -0.3 is 20.4 Å². The first kappa shape index (κ1) is 16.8. The molecule has 1 atom stereocenters. The molecule has 0 saturated carbocycles. The van der Waals surface area contributed by atoms with Crippen LogP contribution in [0.4, 0.5) is 0 Å². The average molecular weight is 324 g/mol. The third kappa shape index (κ3) is 3.61. The van der Waals surface area contributed by atoms with Gasteiger partial charge in [-0.1, -0.05) is 18.2 Å². The van der Waals surface area contributed by atoms with E-state index in [1.807, 2.05) is 29.3 Å². The van der Waals surface area contributed by atoms with Crippen molar-refractivity contribution < 1.29 is 9.53 Å². The number of hydrogen-bond acceptors (Lipinski definition) is 3. The van der Waals surface area contributed by atoms with E-state index in [2.05, 4.69) is 11.1 Å². The van der Waals surface area contributed by atoms with Gasteiger partial charge in [-0.3, -0.25) is 4.79 Å². The van der Waals surface area contributed by atoms with Gasteiger partial charge in [0, 0.05) is 36.8 Å². The zero-order valence-electron chi connectivity index (χ0n) is 12.5. The first-order chi connectivity index (χ1) is 10.3. The first-order valence-electron chi connectivity index (χ1n) is 7.43. The summed E-state index contributed by atoms with van der Waals surface area (Å²) in [7, 11) is 0. The number of nitrogens with zero attached hydrogens (tertiary/aromatic N) is 1. The number of benzene rings is 1. The van der Waals surface area contributed by atoms with Crippen LogP contribution in [0.15, 0.2) is 30.5 Å². The highest BCUT2D eigenvalue weighted by atomic mass is 35.5. The van der Waals surface area contributed by atoms with Crippen molar-refractivity contribution in [2.45, 2.75) is 18.9 Å². The van der Waals surface area contributed by atoms with Crippen LogP contribution >= 0.6 is 12.4 Å². The summed E-state index contributed by atoms with van der Waals surface area (Å²) in [4.78, 5) is 17.5. The molecule has 1 amide bonds. The van der Waals surface area contributed by atoms with Gasteiger partial charge in [0.15, 0.2) is 0 Å². The van der Waals surface area contributed by atoms with Crippen LogP contribution in [-0.2, 0) is 16.0 Å². The molecule has 5 nitrogen and oxygen atoms in total. The second kappa shape index (κ2) is 7.63. The predicted molar refractivity (Wildman–Crippen MR) is 89.2 cm³/mol. The molecule has 2 aromatic rings. The van der Waals surface area contributed by atoms with E-state index in [1.165, 1.54) is 0 Å². The lowest BCUT2D eigenvalue weighted by atomic mass is 10.0. The monoisotopic (exact) mass is 323 g/mol. The molecule has 6 heteroatoms. The zero-order valence-corrected chi connectivity index (χ0v) is 13.3. The number of aromatic amines is 1. The number of para-hydroxylation sites is 1. The number of fused-ring (bicyclic) bond motifs is 1. The molecule has 1 saturated heterocycles. The molecule has 120 valence electrons. The van der Waals surface area contributed by atoms with Crippen molar-refractivity contribution in [3.05, 3.63) is 36.0 Å². The molecule has 1 aromatic carbocycles. The molecular weight excluding hydrogens is 302 g/mol. The maximum atomic E-state index is 12.4. The molecule has 3 N–H and O–H groups in total. The summed E-state index contributed by atoms with van der Waals surface area (Å²) < 4.78 is 5.38. The number of nitrogens with one attached hydrogen (secondary N) is 1. The molecule has 0 bridgehead atoms. The van der Waals surface area contributed by atoms with Crippen LogP contribution in [0.2, 0.25) is 0 Å². The summed E-state index contributed by atoms with van der Waals surface area (Å²) in [6.07, 6.45) is 3.38. The number of rotatable bonds is 3. The summed E-state index contributed by atoms with van der Waals surface area (Å²) in [5, 5.41) is 1.14. The molecule has 2 heterocycles. The predicted octanol–water partition coefficient (Wildman–Crippen LogP) is 1.71. The minimum atomic E-state index is -0.498. The first-order valence-corrected chi connectivity index (χ1v) is 7.43. The third-order valence-electron chi connectivity index (χ3n) is 3.97. The van der Waals surface area contributed by atoms with Gasteiger partial charge in [0.05, 0.1) is 12.6 Å². The Balaban J connectivity index is 0.00000176. The Morgan fingerprint density at radius 3 is 3.00 bits per heavy atom. The number of aromatic nitrogens is 1. The molecule has 1 aromatic heterocycles. The zero-order chi connectivity index (χ0) is 14.7. The van der Waals surface area contributed by atoms with E-state index < -0.39 is 6.04 Å². The maximum Gasteiger partial charge on any atom is 0.239 e. The van der Waals surface area contributed by atoms with Crippen LogP contribution in [0.25, 0.3) is 10.9 Å². The van der Waals surface area contributed by atoms with Gasteiger partial charge in [0.25, 0.3) is 0 Å². The van der Waals surface area contributed by atoms with Crippen molar-refractivity contribution in [1.82, 2.24) is 9.88 Å². The van der Waals surface area contributed by atoms with Gasteiger partial charge in [0.1, 0.15) is 0 Å². The van der Waals surface area contributed by atoms with Crippen molar-refractivity contribution in [3.8, 4) is 0 Å². The Kier molecular flexibility index (Phi) is 5.83. The fraction of sp³-hybridized carbons (Fsp3) is 0.438. The highest BCUT2D eigenvalue weighted by Crippen LogP contribution is 2.19. The number of halogens is 1. The molecule has 3 rings (SSSR count). The van der Waals surface area contributed by atoms with Crippen LogP contribution in [-0.4, -0.2) is 48.1 Å². The van der Waals surface area contributed by atoms with Crippen LogP contribution in [0.3, 0.4) is 0 Å². The lowest BCUT2D eigenvalue weighted by Crippen LogP contribution is -2.45. The van der Waals surface area contributed by atoms with Gasteiger partial charge in [-0.2, -0.15) is 0 Å². The number of H-pyrrole nitrogens is 1. The Hall–Kier alpha value is -1.56. The quantitative estimate of drug-likeness (QED) is 0.903. The van der Waals surface area contributed by atoms with Gasteiger partial charge in [0.2, 0.25) is 5.91 Å². The fourth-order valence-electron chi connectivity index (χ4n) is 2.83. The Morgan fingerprint density at radius 1 is 1.32 bits per heavy atom. The summed E-state index contributed by atoms with van der Waals surface area (Å²) >= 11 is 0. The second-order valence-corrected chi connectivity index (χ2v) is 5.46. The number of hydrogen-bond donors (Lipinski definition) is 2. The van der Waals surface area contributed by atoms with Crippen LogP contribution in [0.5, 0.6) is 0 Å². The van der Waals surface area contributed by atoms with Crippen LogP contribution in [0.1, 0.15) is 12.0 Å². The lowest BCUT2D eigenvalue weighted by molar-refractivity contribution is -0.132. The number of carbonyl (C=O) groups is 1. The van der Waals surface area contributed by atoms with Crippen molar-refractivity contribution >= 4 is 29.2 Å². The van der Waals surface area contributed by atoms with Crippen molar-refractivity contribution in [2.75, 3.05) is 26.3 Å². The summed E-state index contributed by atoms with van der Waals surface area (Å²) in [5.41, 5.74) is 8.31. The molecule has 1 aliphatic heterocycles. The molecule has 1 aliphatic rings. The molecule has 0 aliphatic carbocycles. The Morgan fingerprint density at radius 2 is 2.14 bits per heavy atom. The van der Waals surface area contributed by atoms with E-state index in [0.29, 0.717) is 19.6 Å². The number of amides is 1. The Labute approximate surface area is 136 Å². The van der Waals surface area contributed by atoms with E-state index in [9.17, 15) is 4.79 Å². The van der Waals surface area contributed by atoms with Crippen molar-refractivity contribution in [2.24, 2.45) is 5.73 Å². The minimum absolute atomic E-state index is 0. The minimum Gasteiger partial charge on any atom is -0.380 e. The average Bonchev–Trinajstić information content (AvgIpc) is 2.74. The van der Waals surface area contributed by atoms with Gasteiger partial charge in [-0.15, -0.1) is 12.4 Å². The molecule has 0 unspecified atom stereocenters. The summed E-state index contributed by atoms with van der Waals surface area (Å²) in [6, 6.07) is 7.57. The highest BCUT2D eigenvalue weighted by Gasteiger charge is 2.23. The standard InChI is InChI=1S/C16H21N3O2.ClH/c17-14(16(20)19-6-3-8-21-9-7-19)10-12-11-18-15-5-2-1-4-13(12)15;/h1-2,4-5,11,14,18H,3,6-10,17H2;1H/t14-;/m0./s1. The molecular formula is C16H22ClN3O2. The van der Waals surface area contributed by atoms with E-state index in [-0.39, 0.29) is 18.3 Å². The SMILES string of the molecule is Cl.N[C@@H](Cc1c[nH]c2ccccc12)C(=O)N1CCCOCC1. The Bertz CT molecular complexity index is 621. The van der Waals surface area contributed by atoms with E-state index in [1.54, 1.807) is 0 Å².